The normalized spacial score (nSPS) is 22.8. The Kier molecular flexibility index (Phi) is 9.32. The van der Waals surface area contributed by atoms with Crippen LogP contribution in [-0.4, -0.2) is 16.8 Å². The summed E-state index contributed by atoms with van der Waals surface area (Å²) in [6.07, 6.45) is 7.17. The van der Waals surface area contributed by atoms with Gasteiger partial charge in [-0.1, -0.05) is 47.5 Å². The molecular formula is C46H38Cl2O6S2. The van der Waals surface area contributed by atoms with Gasteiger partial charge in [0.25, 0.3) is 0 Å². The lowest BCUT2D eigenvalue weighted by Crippen LogP contribution is -2.55. The SMILES string of the molecule is O=S(=O)(c1ccc(Cl)cc1)c1ccc(Oc2ccc(C34CC5CC(C3)CC(c3ccc(Oc6ccc(S(=O)(=O)c7ccc(Cl)cc7)cc6)cc3)(C5)C4)cc2)cc1. The summed E-state index contributed by atoms with van der Waals surface area (Å²) >= 11 is 11.9. The lowest BCUT2D eigenvalue weighted by atomic mass is 9.42. The van der Waals surface area contributed by atoms with E-state index >= 15 is 0 Å². The molecule has 0 heterocycles. The van der Waals surface area contributed by atoms with Crippen LogP contribution in [0.15, 0.2) is 165 Å². The highest BCUT2D eigenvalue weighted by molar-refractivity contribution is 7.91. The predicted molar refractivity (Wildman–Crippen MR) is 218 cm³/mol. The quantitative estimate of drug-likeness (QED) is 0.137. The Morgan fingerprint density at radius 3 is 0.982 bits per heavy atom. The van der Waals surface area contributed by atoms with Crippen LogP contribution in [0.5, 0.6) is 23.0 Å². The fourth-order valence-electron chi connectivity index (χ4n) is 9.84. The van der Waals surface area contributed by atoms with Gasteiger partial charge in [0, 0.05) is 10.0 Å². The summed E-state index contributed by atoms with van der Waals surface area (Å²) in [6, 6.07) is 42.3. The van der Waals surface area contributed by atoms with E-state index in [0.717, 1.165) is 6.42 Å². The van der Waals surface area contributed by atoms with Gasteiger partial charge < -0.3 is 9.47 Å². The number of rotatable bonds is 10. The van der Waals surface area contributed by atoms with E-state index < -0.39 is 19.7 Å². The van der Waals surface area contributed by atoms with Gasteiger partial charge in [0.1, 0.15) is 23.0 Å². The third kappa shape index (κ3) is 6.91. The molecule has 6 aromatic carbocycles. The van der Waals surface area contributed by atoms with Gasteiger partial charge >= 0.3 is 0 Å². The summed E-state index contributed by atoms with van der Waals surface area (Å²) in [5.74, 6) is 3.88. The van der Waals surface area contributed by atoms with Gasteiger partial charge in [-0.15, -0.1) is 0 Å². The van der Waals surface area contributed by atoms with Crippen LogP contribution in [0.3, 0.4) is 0 Å². The van der Waals surface area contributed by atoms with E-state index in [0.29, 0.717) is 44.9 Å². The Balaban J connectivity index is 0.879. The van der Waals surface area contributed by atoms with E-state index in [1.807, 2.05) is 24.3 Å². The van der Waals surface area contributed by atoms with E-state index in [1.54, 1.807) is 72.8 Å². The summed E-state index contributed by atoms with van der Waals surface area (Å²) in [7, 11) is -7.34. The summed E-state index contributed by atoms with van der Waals surface area (Å²) in [4.78, 5) is 0.762. The molecule has 4 bridgehead atoms. The molecule has 0 N–H and O–H groups in total. The van der Waals surface area contributed by atoms with Crippen molar-refractivity contribution in [3.8, 4) is 23.0 Å². The zero-order chi connectivity index (χ0) is 38.7. The number of halogens is 2. The maximum absolute atomic E-state index is 13.1. The summed E-state index contributed by atoms with van der Waals surface area (Å²) in [5.41, 5.74) is 2.91. The fourth-order valence-corrected chi connectivity index (χ4v) is 12.6. The van der Waals surface area contributed by atoms with Crippen molar-refractivity contribution in [2.45, 2.75) is 68.9 Å². The molecule has 0 saturated heterocycles. The highest BCUT2D eigenvalue weighted by atomic mass is 35.5. The van der Waals surface area contributed by atoms with Crippen LogP contribution in [0.4, 0.5) is 0 Å². The topological polar surface area (TPSA) is 86.7 Å². The molecule has 0 atom stereocenters. The minimum atomic E-state index is -3.67. The molecule has 4 saturated carbocycles. The van der Waals surface area contributed by atoms with Crippen LogP contribution in [-0.2, 0) is 30.5 Å². The first kappa shape index (κ1) is 37.0. The number of hydrogen-bond donors (Lipinski definition) is 0. The van der Waals surface area contributed by atoms with Gasteiger partial charge in [-0.25, -0.2) is 16.8 Å². The first-order chi connectivity index (χ1) is 26.9. The lowest BCUT2D eigenvalue weighted by Gasteiger charge is -2.62. The minimum Gasteiger partial charge on any atom is -0.457 e. The van der Waals surface area contributed by atoms with E-state index in [4.69, 9.17) is 32.7 Å². The van der Waals surface area contributed by atoms with Crippen molar-refractivity contribution in [1.29, 1.82) is 0 Å². The molecule has 284 valence electrons. The van der Waals surface area contributed by atoms with E-state index in [-0.39, 0.29) is 30.4 Å². The monoisotopic (exact) mass is 820 g/mol. The predicted octanol–water partition coefficient (Wildman–Crippen LogP) is 12.0. The van der Waals surface area contributed by atoms with E-state index in [1.165, 1.54) is 67.5 Å². The minimum absolute atomic E-state index is 0.101. The number of hydrogen-bond acceptors (Lipinski definition) is 6. The molecule has 10 rings (SSSR count). The van der Waals surface area contributed by atoms with Crippen molar-refractivity contribution in [1.82, 2.24) is 0 Å². The Bertz CT molecular complexity index is 2410. The van der Waals surface area contributed by atoms with Crippen LogP contribution in [0.2, 0.25) is 10.0 Å². The molecule has 0 unspecified atom stereocenters. The average Bonchev–Trinajstić information content (AvgIpc) is 3.19. The first-order valence-electron chi connectivity index (χ1n) is 18.7. The second-order valence-electron chi connectivity index (χ2n) is 15.6. The van der Waals surface area contributed by atoms with Crippen LogP contribution >= 0.6 is 23.2 Å². The summed E-state index contributed by atoms with van der Waals surface area (Å²) in [6.45, 7) is 0. The molecule has 0 radical (unpaired) electrons. The molecule has 6 aromatic rings. The van der Waals surface area contributed by atoms with Crippen molar-refractivity contribution in [3.63, 3.8) is 0 Å². The summed E-state index contributed by atoms with van der Waals surface area (Å²) < 4.78 is 64.7. The molecule has 4 aliphatic rings. The third-order valence-electron chi connectivity index (χ3n) is 12.0. The highest BCUT2D eigenvalue weighted by Crippen LogP contribution is 2.66. The highest BCUT2D eigenvalue weighted by Gasteiger charge is 2.58. The third-order valence-corrected chi connectivity index (χ3v) is 16.1. The van der Waals surface area contributed by atoms with Crippen LogP contribution in [0, 0.1) is 11.8 Å². The molecule has 4 aliphatic carbocycles. The van der Waals surface area contributed by atoms with Crippen molar-refractivity contribution >= 4 is 42.9 Å². The molecule has 56 heavy (non-hydrogen) atoms. The van der Waals surface area contributed by atoms with Gasteiger partial charge in [0.05, 0.1) is 19.6 Å². The van der Waals surface area contributed by atoms with Gasteiger partial charge in [-0.05, 0) is 194 Å². The Morgan fingerprint density at radius 2 is 0.679 bits per heavy atom. The zero-order valence-electron chi connectivity index (χ0n) is 30.3. The smallest absolute Gasteiger partial charge is 0.206 e. The Labute approximate surface area is 337 Å². The number of benzene rings is 6. The second kappa shape index (κ2) is 14.1. The fraction of sp³-hybridized carbons (Fsp3) is 0.217. The maximum Gasteiger partial charge on any atom is 0.206 e. The van der Waals surface area contributed by atoms with Gasteiger partial charge in [-0.2, -0.15) is 0 Å². The molecule has 0 aromatic heterocycles. The number of ether oxygens (including phenoxy) is 2. The maximum atomic E-state index is 13.1. The van der Waals surface area contributed by atoms with Crippen molar-refractivity contribution in [3.05, 3.63) is 167 Å². The number of sulfone groups is 2. The van der Waals surface area contributed by atoms with Gasteiger partial charge in [0.15, 0.2) is 0 Å². The molecule has 0 amide bonds. The van der Waals surface area contributed by atoms with Crippen molar-refractivity contribution in [2.24, 2.45) is 11.8 Å². The molecule has 0 spiro atoms. The van der Waals surface area contributed by atoms with E-state index in [9.17, 15) is 16.8 Å². The molecule has 10 heteroatoms. The Morgan fingerprint density at radius 1 is 0.411 bits per heavy atom. The molecular weight excluding hydrogens is 784 g/mol. The van der Waals surface area contributed by atoms with Crippen molar-refractivity contribution in [2.75, 3.05) is 0 Å². The average molecular weight is 822 g/mol. The molecule has 4 fully saturated rings. The van der Waals surface area contributed by atoms with Crippen LogP contribution < -0.4 is 9.47 Å². The molecule has 6 nitrogen and oxygen atoms in total. The van der Waals surface area contributed by atoms with Gasteiger partial charge in [-0.3, -0.25) is 0 Å². The van der Waals surface area contributed by atoms with Crippen LogP contribution in [0.1, 0.15) is 49.7 Å². The largest absolute Gasteiger partial charge is 0.457 e. The Hall–Kier alpha value is -4.60. The summed E-state index contributed by atoms with van der Waals surface area (Å²) in [5, 5.41) is 0.961. The standard InChI is InChI=1S/C46H38Cl2O6S2/c47-35-5-17-41(18-6-35)55(49,50)43-21-13-39(14-22-43)53-37-9-1-33(2-10-37)45-26-31-25-32(27-45)29-46(28-31,30-45)34-3-11-38(12-4-34)54-40-15-23-44(24-16-40)56(51,52)42-19-7-36(48)8-20-42/h1-24,31-32H,25-30H2. The lowest BCUT2D eigenvalue weighted by molar-refractivity contribution is -0.0281. The first-order valence-corrected chi connectivity index (χ1v) is 22.4. The van der Waals surface area contributed by atoms with E-state index in [2.05, 4.69) is 24.3 Å². The molecule has 0 aliphatic heterocycles. The van der Waals surface area contributed by atoms with Gasteiger partial charge in [0.2, 0.25) is 19.7 Å². The van der Waals surface area contributed by atoms with Crippen molar-refractivity contribution < 1.29 is 26.3 Å². The second-order valence-corrected chi connectivity index (χ2v) is 20.4. The van der Waals surface area contributed by atoms with Crippen LogP contribution in [0.25, 0.3) is 0 Å². The zero-order valence-corrected chi connectivity index (χ0v) is 33.4.